The molecule has 47 heavy (non-hydrogen) atoms. The SMILES string of the molecule is CNC(=O)c1ccccc1COc1ccc(-c2cc(C3CCN(C(=O)CNC(=O)[C@@H](CC(C)C)N=C(N)N)CC3)n(C)n2)c(Cl)c1Cl. The summed E-state index contributed by atoms with van der Waals surface area (Å²) in [6.45, 7) is 5.05. The molecule has 6 N–H and O–H groups in total. The Kier molecular flexibility index (Phi) is 12.1. The molecule has 0 saturated carbocycles. The van der Waals surface area contributed by atoms with Gasteiger partial charge < -0.3 is 31.7 Å². The molecule has 1 aliphatic heterocycles. The van der Waals surface area contributed by atoms with Crippen LogP contribution in [0.15, 0.2) is 47.5 Å². The number of guanidine groups is 1. The number of likely N-dealkylation sites (tertiary alicyclic amines) is 1. The summed E-state index contributed by atoms with van der Waals surface area (Å²) in [7, 11) is 3.46. The van der Waals surface area contributed by atoms with Crippen LogP contribution in [-0.2, 0) is 23.2 Å². The number of rotatable bonds is 12. The predicted molar refractivity (Wildman–Crippen MR) is 183 cm³/mol. The first-order valence-corrected chi connectivity index (χ1v) is 16.2. The molecule has 0 bridgehead atoms. The summed E-state index contributed by atoms with van der Waals surface area (Å²) in [6.07, 6.45) is 1.95. The number of halogens is 2. The first-order valence-electron chi connectivity index (χ1n) is 15.5. The Bertz CT molecular complexity index is 1630. The van der Waals surface area contributed by atoms with Crippen molar-refractivity contribution in [2.45, 2.75) is 51.7 Å². The molecule has 14 heteroatoms. The van der Waals surface area contributed by atoms with E-state index < -0.39 is 6.04 Å². The van der Waals surface area contributed by atoms with E-state index in [1.54, 1.807) is 30.1 Å². The molecule has 1 atom stereocenters. The van der Waals surface area contributed by atoms with Crippen LogP contribution in [0, 0.1) is 5.92 Å². The molecule has 1 saturated heterocycles. The van der Waals surface area contributed by atoms with Gasteiger partial charge in [-0.05, 0) is 49.4 Å². The number of carbonyl (C=O) groups excluding carboxylic acids is 3. The van der Waals surface area contributed by atoms with Crippen molar-refractivity contribution in [2.24, 2.45) is 29.4 Å². The van der Waals surface area contributed by atoms with E-state index in [-0.39, 0.29) is 53.7 Å². The summed E-state index contributed by atoms with van der Waals surface area (Å²) in [6, 6.07) is 12.0. The highest BCUT2D eigenvalue weighted by Crippen LogP contribution is 2.40. The van der Waals surface area contributed by atoms with E-state index >= 15 is 0 Å². The molecule has 12 nitrogen and oxygen atoms in total. The Labute approximate surface area is 284 Å². The molecule has 1 aliphatic rings. The van der Waals surface area contributed by atoms with Gasteiger partial charge in [-0.1, -0.05) is 55.2 Å². The highest BCUT2D eigenvalue weighted by atomic mass is 35.5. The number of benzene rings is 2. The minimum absolute atomic E-state index is 0.118. The summed E-state index contributed by atoms with van der Waals surface area (Å²) in [5.41, 5.74) is 14.6. The van der Waals surface area contributed by atoms with Gasteiger partial charge in [-0.15, -0.1) is 0 Å². The lowest BCUT2D eigenvalue weighted by atomic mass is 9.92. The van der Waals surface area contributed by atoms with Gasteiger partial charge in [-0.25, -0.2) is 4.99 Å². The fraction of sp³-hybridized carbons (Fsp3) is 0.424. The number of aromatic nitrogens is 2. The van der Waals surface area contributed by atoms with Crippen LogP contribution in [0.2, 0.25) is 10.0 Å². The van der Waals surface area contributed by atoms with Gasteiger partial charge in [0.15, 0.2) is 5.96 Å². The quantitative estimate of drug-likeness (QED) is 0.166. The molecule has 4 rings (SSSR count). The van der Waals surface area contributed by atoms with Crippen molar-refractivity contribution < 1.29 is 19.1 Å². The van der Waals surface area contributed by atoms with Crippen LogP contribution in [0.1, 0.15) is 60.6 Å². The Morgan fingerprint density at radius 1 is 1.09 bits per heavy atom. The van der Waals surface area contributed by atoms with Gasteiger partial charge in [0.1, 0.15) is 23.4 Å². The van der Waals surface area contributed by atoms with E-state index in [1.807, 2.05) is 49.8 Å². The van der Waals surface area contributed by atoms with Crippen LogP contribution < -0.4 is 26.8 Å². The van der Waals surface area contributed by atoms with Crippen LogP contribution in [0.4, 0.5) is 0 Å². The molecule has 0 unspecified atom stereocenters. The summed E-state index contributed by atoms with van der Waals surface area (Å²) in [5, 5.41) is 10.6. The van der Waals surface area contributed by atoms with E-state index in [4.69, 9.17) is 44.5 Å². The van der Waals surface area contributed by atoms with Crippen LogP contribution in [-0.4, -0.2) is 71.1 Å². The van der Waals surface area contributed by atoms with Crippen molar-refractivity contribution in [3.05, 3.63) is 69.3 Å². The number of ether oxygens (including phenoxy) is 1. The van der Waals surface area contributed by atoms with E-state index in [0.717, 1.165) is 18.5 Å². The van der Waals surface area contributed by atoms with Gasteiger partial charge in [0.25, 0.3) is 5.91 Å². The van der Waals surface area contributed by atoms with E-state index in [2.05, 4.69) is 15.6 Å². The lowest BCUT2D eigenvalue weighted by Gasteiger charge is -2.32. The summed E-state index contributed by atoms with van der Waals surface area (Å²) in [4.78, 5) is 43.6. The van der Waals surface area contributed by atoms with Gasteiger partial charge in [-0.2, -0.15) is 5.10 Å². The number of amides is 3. The second kappa shape index (κ2) is 16.0. The second-order valence-corrected chi connectivity index (χ2v) is 12.7. The van der Waals surface area contributed by atoms with E-state index in [1.165, 1.54) is 0 Å². The zero-order valence-electron chi connectivity index (χ0n) is 27.1. The normalized spacial score (nSPS) is 14.1. The number of hydrogen-bond acceptors (Lipinski definition) is 6. The summed E-state index contributed by atoms with van der Waals surface area (Å²) < 4.78 is 7.80. The lowest BCUT2D eigenvalue weighted by molar-refractivity contribution is -0.134. The topological polar surface area (TPSA) is 170 Å². The molecule has 3 aromatic rings. The van der Waals surface area contributed by atoms with Crippen molar-refractivity contribution in [1.29, 1.82) is 0 Å². The Morgan fingerprint density at radius 2 is 1.79 bits per heavy atom. The van der Waals surface area contributed by atoms with Gasteiger partial charge in [0.05, 0.1) is 17.3 Å². The third-order valence-electron chi connectivity index (χ3n) is 8.09. The van der Waals surface area contributed by atoms with Gasteiger partial charge in [-0.3, -0.25) is 19.1 Å². The second-order valence-electron chi connectivity index (χ2n) is 11.9. The molecule has 1 fully saturated rings. The predicted octanol–water partition coefficient (Wildman–Crippen LogP) is 3.84. The standard InChI is InChI=1S/C33H42Cl2N8O4/c1-19(2)15-25(40-33(36)37)32(46)39-17-28(44)43-13-11-20(12-14-43)26-16-24(41-42(26)4)23-9-10-27(30(35)29(23)34)47-18-21-7-5-6-8-22(21)31(45)38-3/h5-10,16,19-20,25H,11-15,17-18H2,1-4H3,(H,38,45)(H,39,46)(H4,36,37,40)/t25-/m1/s1. The smallest absolute Gasteiger partial charge is 0.251 e. The Balaban J connectivity index is 1.36. The van der Waals surface area contributed by atoms with Crippen molar-refractivity contribution in [3.63, 3.8) is 0 Å². The van der Waals surface area contributed by atoms with Crippen LogP contribution in [0.3, 0.4) is 0 Å². The van der Waals surface area contributed by atoms with Gasteiger partial charge >= 0.3 is 0 Å². The third kappa shape index (κ3) is 8.95. The van der Waals surface area contributed by atoms with Crippen LogP contribution >= 0.6 is 23.2 Å². The van der Waals surface area contributed by atoms with Crippen molar-refractivity contribution in [2.75, 3.05) is 26.7 Å². The number of piperidine rings is 1. The lowest BCUT2D eigenvalue weighted by Crippen LogP contribution is -2.46. The first kappa shape index (κ1) is 35.6. The molecule has 0 spiro atoms. The zero-order valence-corrected chi connectivity index (χ0v) is 28.6. The van der Waals surface area contributed by atoms with Gasteiger partial charge in [0, 0.05) is 55.5 Å². The van der Waals surface area contributed by atoms with E-state index in [9.17, 15) is 14.4 Å². The molecule has 3 amide bonds. The fourth-order valence-electron chi connectivity index (χ4n) is 5.66. The van der Waals surface area contributed by atoms with Crippen molar-refractivity contribution in [1.82, 2.24) is 25.3 Å². The molecule has 252 valence electrons. The molecule has 0 aliphatic carbocycles. The molecule has 2 aromatic carbocycles. The maximum absolute atomic E-state index is 12.9. The highest BCUT2D eigenvalue weighted by Gasteiger charge is 2.28. The molecule has 1 aromatic heterocycles. The number of aryl methyl sites for hydroxylation is 1. The minimum atomic E-state index is -0.734. The molecule has 2 heterocycles. The number of hydrogen-bond donors (Lipinski definition) is 4. The minimum Gasteiger partial charge on any atom is -0.487 e. The zero-order chi connectivity index (χ0) is 34.2. The van der Waals surface area contributed by atoms with Crippen molar-refractivity contribution in [3.8, 4) is 17.0 Å². The average molecular weight is 686 g/mol. The summed E-state index contributed by atoms with van der Waals surface area (Å²) in [5.74, 6) is -0.122. The number of nitrogens with one attached hydrogen (secondary N) is 2. The van der Waals surface area contributed by atoms with Gasteiger partial charge in [0.2, 0.25) is 11.8 Å². The largest absolute Gasteiger partial charge is 0.487 e. The number of nitrogens with two attached hydrogens (primary N) is 2. The molecular weight excluding hydrogens is 643 g/mol. The molecule has 0 radical (unpaired) electrons. The highest BCUT2D eigenvalue weighted by molar-refractivity contribution is 6.44. The van der Waals surface area contributed by atoms with Crippen molar-refractivity contribution >= 4 is 46.9 Å². The third-order valence-corrected chi connectivity index (χ3v) is 8.96. The Morgan fingerprint density at radius 3 is 2.45 bits per heavy atom. The average Bonchev–Trinajstić information content (AvgIpc) is 3.44. The monoisotopic (exact) mass is 684 g/mol. The molecular formula is C33H42Cl2N8O4. The number of aliphatic imine (C=N–C) groups is 1. The number of nitrogens with zero attached hydrogens (tertiary/aromatic N) is 4. The Hall–Kier alpha value is -4.29. The maximum Gasteiger partial charge on any atom is 0.251 e. The summed E-state index contributed by atoms with van der Waals surface area (Å²) >= 11 is 13.4. The van der Waals surface area contributed by atoms with Crippen LogP contribution in [0.25, 0.3) is 11.3 Å². The number of carbonyl (C=O) groups is 3. The van der Waals surface area contributed by atoms with E-state index in [0.29, 0.717) is 52.7 Å². The maximum atomic E-state index is 12.9. The van der Waals surface area contributed by atoms with Crippen LogP contribution in [0.5, 0.6) is 5.75 Å². The fourth-order valence-corrected chi connectivity index (χ4v) is 6.13. The first-order chi connectivity index (χ1) is 22.4.